The molecule has 1 N–H and O–H groups in total. The van der Waals surface area contributed by atoms with Crippen molar-refractivity contribution in [2.45, 2.75) is 13.0 Å². The van der Waals surface area contributed by atoms with Crippen LogP contribution in [-0.4, -0.2) is 23.8 Å². The number of hydrogen-bond donors (Lipinski definition) is 1. The Morgan fingerprint density at radius 3 is 2.00 bits per heavy atom. The van der Waals surface area contributed by atoms with E-state index in [0.29, 0.717) is 0 Å². The van der Waals surface area contributed by atoms with Gasteiger partial charge in [0, 0.05) is 0 Å². The van der Waals surface area contributed by atoms with Crippen LogP contribution in [0.3, 0.4) is 0 Å². The topological polar surface area (TPSA) is 72.8 Å². The lowest BCUT2D eigenvalue weighted by Gasteiger charge is -2.36. The summed E-state index contributed by atoms with van der Waals surface area (Å²) in [5.41, 5.74) is -3.79. The summed E-state index contributed by atoms with van der Waals surface area (Å²) in [7, 11) is 0. The molecule has 0 radical (unpaired) electrons. The van der Waals surface area contributed by atoms with Gasteiger partial charge in [0.15, 0.2) is 29.4 Å². The molecule has 1 saturated heterocycles. The standard InChI is InChI=1S/C12H7F5O5/c1-12(10(18)19)2-21-11(20)22-9(12)3-4(13)6(15)8(17)7(16)5(3)14/h9H,2H2,1H3,(H,18,19). The molecule has 2 unspecified atom stereocenters. The zero-order valence-electron chi connectivity index (χ0n) is 10.8. The SMILES string of the molecule is CC1(C(=O)O)COC(=O)OC1c1c(F)c(F)c(F)c(F)c1F. The van der Waals surface area contributed by atoms with Gasteiger partial charge in [-0.05, 0) is 6.92 Å². The van der Waals surface area contributed by atoms with E-state index < -0.39 is 64.9 Å². The van der Waals surface area contributed by atoms with Gasteiger partial charge >= 0.3 is 12.1 Å². The van der Waals surface area contributed by atoms with Crippen LogP contribution >= 0.6 is 0 Å². The fourth-order valence-electron chi connectivity index (χ4n) is 1.95. The molecular formula is C12H7F5O5. The number of benzene rings is 1. The number of carbonyl (C=O) groups is 2. The predicted molar refractivity (Wildman–Crippen MR) is 57.1 cm³/mol. The second kappa shape index (κ2) is 5.11. The van der Waals surface area contributed by atoms with E-state index in [2.05, 4.69) is 9.47 Å². The van der Waals surface area contributed by atoms with Gasteiger partial charge in [0.05, 0.1) is 5.56 Å². The molecule has 0 amide bonds. The van der Waals surface area contributed by atoms with E-state index in [9.17, 15) is 31.5 Å². The lowest BCUT2D eigenvalue weighted by atomic mass is 9.80. The molecule has 0 aliphatic carbocycles. The van der Waals surface area contributed by atoms with Crippen molar-refractivity contribution in [2.24, 2.45) is 5.41 Å². The molecule has 1 aliphatic heterocycles. The summed E-state index contributed by atoms with van der Waals surface area (Å²) in [5.74, 6) is -13.2. The van der Waals surface area contributed by atoms with Crippen molar-refractivity contribution in [3.63, 3.8) is 0 Å². The number of cyclic esters (lactones) is 2. The fraction of sp³-hybridized carbons (Fsp3) is 0.333. The Hall–Kier alpha value is -2.39. The minimum Gasteiger partial charge on any atom is -0.481 e. The van der Waals surface area contributed by atoms with E-state index in [1.165, 1.54) is 0 Å². The maximum atomic E-state index is 13.8. The molecule has 1 aromatic carbocycles. The molecule has 22 heavy (non-hydrogen) atoms. The zero-order chi connectivity index (χ0) is 16.8. The minimum atomic E-state index is -2.41. The van der Waals surface area contributed by atoms with Crippen LogP contribution in [0, 0.1) is 34.5 Å². The second-order valence-electron chi connectivity index (χ2n) is 4.74. The Kier molecular flexibility index (Phi) is 3.71. The highest BCUT2D eigenvalue weighted by Crippen LogP contribution is 2.44. The van der Waals surface area contributed by atoms with E-state index in [4.69, 9.17) is 5.11 Å². The summed E-state index contributed by atoms with van der Waals surface area (Å²) >= 11 is 0. The third kappa shape index (κ3) is 2.14. The van der Waals surface area contributed by atoms with E-state index in [1.807, 2.05) is 0 Å². The number of ether oxygens (including phenoxy) is 2. The Bertz CT molecular complexity index is 647. The van der Waals surface area contributed by atoms with Gasteiger partial charge in [-0.15, -0.1) is 0 Å². The maximum Gasteiger partial charge on any atom is 0.508 e. The van der Waals surface area contributed by atoms with Crippen molar-refractivity contribution >= 4 is 12.1 Å². The first-order valence-electron chi connectivity index (χ1n) is 5.69. The summed E-state index contributed by atoms with van der Waals surface area (Å²) in [6.07, 6.45) is -3.75. The molecule has 0 spiro atoms. The molecule has 0 aromatic heterocycles. The first-order valence-corrected chi connectivity index (χ1v) is 5.69. The molecule has 1 fully saturated rings. The van der Waals surface area contributed by atoms with Crippen LogP contribution in [0.25, 0.3) is 0 Å². The van der Waals surface area contributed by atoms with Crippen LogP contribution in [0.5, 0.6) is 0 Å². The van der Waals surface area contributed by atoms with Crippen LogP contribution in [0.2, 0.25) is 0 Å². The van der Waals surface area contributed by atoms with E-state index in [1.54, 1.807) is 0 Å². The van der Waals surface area contributed by atoms with Gasteiger partial charge in [-0.25, -0.2) is 26.7 Å². The molecule has 1 aliphatic rings. The lowest BCUT2D eigenvalue weighted by Crippen LogP contribution is -2.46. The Morgan fingerprint density at radius 2 is 1.55 bits per heavy atom. The molecule has 2 rings (SSSR count). The van der Waals surface area contributed by atoms with Gasteiger partial charge in [-0.2, -0.15) is 0 Å². The van der Waals surface area contributed by atoms with E-state index in [0.717, 1.165) is 6.92 Å². The third-order valence-corrected chi connectivity index (χ3v) is 3.28. The average Bonchev–Trinajstić information content (AvgIpc) is 2.46. The van der Waals surface area contributed by atoms with Crippen LogP contribution in [0.4, 0.5) is 26.7 Å². The van der Waals surface area contributed by atoms with Crippen LogP contribution in [0.15, 0.2) is 0 Å². The summed E-state index contributed by atoms with van der Waals surface area (Å²) in [6.45, 7) is 0.00974. The number of rotatable bonds is 2. The number of aliphatic carboxylic acids is 1. The second-order valence-corrected chi connectivity index (χ2v) is 4.74. The van der Waals surface area contributed by atoms with Gasteiger partial charge in [0.25, 0.3) is 0 Å². The fourth-order valence-corrected chi connectivity index (χ4v) is 1.95. The van der Waals surface area contributed by atoms with Crippen molar-refractivity contribution in [1.29, 1.82) is 0 Å². The molecule has 0 saturated carbocycles. The quantitative estimate of drug-likeness (QED) is 0.391. The number of hydrogen-bond acceptors (Lipinski definition) is 4. The maximum absolute atomic E-state index is 13.8. The smallest absolute Gasteiger partial charge is 0.481 e. The Labute approximate surface area is 119 Å². The monoisotopic (exact) mass is 326 g/mol. The molecule has 120 valence electrons. The molecular weight excluding hydrogens is 319 g/mol. The largest absolute Gasteiger partial charge is 0.508 e. The van der Waals surface area contributed by atoms with Crippen molar-refractivity contribution in [2.75, 3.05) is 6.61 Å². The molecule has 5 nitrogen and oxygen atoms in total. The first kappa shape index (κ1) is 16.0. The lowest BCUT2D eigenvalue weighted by molar-refractivity contribution is -0.171. The number of halogens is 5. The minimum absolute atomic E-state index is 0.870. The summed E-state index contributed by atoms with van der Waals surface area (Å²) in [4.78, 5) is 22.3. The highest BCUT2D eigenvalue weighted by molar-refractivity contribution is 5.77. The van der Waals surface area contributed by atoms with Crippen LogP contribution in [0.1, 0.15) is 18.6 Å². The van der Waals surface area contributed by atoms with Gasteiger partial charge in [-0.3, -0.25) is 4.79 Å². The summed E-state index contributed by atoms with van der Waals surface area (Å²) in [5, 5.41) is 9.11. The summed E-state index contributed by atoms with van der Waals surface area (Å²) < 4.78 is 75.7. The van der Waals surface area contributed by atoms with Crippen molar-refractivity contribution < 1.29 is 46.1 Å². The van der Waals surface area contributed by atoms with Gasteiger partial charge in [-0.1, -0.05) is 0 Å². The summed E-state index contributed by atoms with van der Waals surface area (Å²) in [6, 6.07) is 0. The highest BCUT2D eigenvalue weighted by Gasteiger charge is 2.53. The Morgan fingerprint density at radius 1 is 1.09 bits per heavy atom. The third-order valence-electron chi connectivity index (χ3n) is 3.28. The van der Waals surface area contributed by atoms with Crippen molar-refractivity contribution in [1.82, 2.24) is 0 Å². The molecule has 2 atom stereocenters. The normalized spacial score (nSPS) is 24.6. The van der Waals surface area contributed by atoms with Gasteiger partial charge < -0.3 is 14.6 Å². The highest BCUT2D eigenvalue weighted by atomic mass is 19.2. The van der Waals surface area contributed by atoms with Crippen LogP contribution in [-0.2, 0) is 14.3 Å². The van der Waals surface area contributed by atoms with Crippen molar-refractivity contribution in [3.05, 3.63) is 34.6 Å². The van der Waals surface area contributed by atoms with E-state index in [-0.39, 0.29) is 0 Å². The number of carbonyl (C=O) groups excluding carboxylic acids is 1. The molecule has 10 heteroatoms. The first-order chi connectivity index (χ1) is 10.1. The molecule has 1 aromatic rings. The van der Waals surface area contributed by atoms with Crippen LogP contribution < -0.4 is 0 Å². The zero-order valence-corrected chi connectivity index (χ0v) is 10.8. The average molecular weight is 326 g/mol. The number of carboxylic acid groups (broad SMARTS) is 1. The Balaban J connectivity index is 2.72. The predicted octanol–water partition coefficient (Wildman–Crippen LogP) is 2.68. The van der Waals surface area contributed by atoms with Gasteiger partial charge in [0.1, 0.15) is 12.0 Å². The molecule has 0 bridgehead atoms. The van der Waals surface area contributed by atoms with E-state index >= 15 is 0 Å². The van der Waals surface area contributed by atoms with Gasteiger partial charge in [0.2, 0.25) is 5.82 Å². The van der Waals surface area contributed by atoms with Crippen molar-refractivity contribution in [3.8, 4) is 0 Å². The number of carboxylic acids is 1. The molecule has 1 heterocycles.